The van der Waals surface area contributed by atoms with Gasteiger partial charge in [-0.1, -0.05) is 5.16 Å². The minimum absolute atomic E-state index is 0.0278. The van der Waals surface area contributed by atoms with Crippen LogP contribution in [0.25, 0.3) is 0 Å². The van der Waals surface area contributed by atoms with E-state index in [4.69, 9.17) is 16.5 Å². The van der Waals surface area contributed by atoms with Crippen LogP contribution >= 0.6 is 0 Å². The molecule has 0 saturated heterocycles. The van der Waals surface area contributed by atoms with Gasteiger partial charge in [0, 0.05) is 0 Å². The molecule has 8 heavy (non-hydrogen) atoms. The van der Waals surface area contributed by atoms with Crippen LogP contribution in [-0.2, 0) is 0 Å². The maximum atomic E-state index is 7.86. The average molecular weight is 116 g/mol. The number of amidine groups is 1. The first-order valence-corrected chi connectivity index (χ1v) is 1.81. The van der Waals surface area contributed by atoms with E-state index in [2.05, 4.69) is 15.2 Å². The van der Waals surface area contributed by atoms with Gasteiger partial charge in [0.25, 0.3) is 0 Å². The quantitative estimate of drug-likeness (QED) is 0.110. The molecule has 0 bridgehead atoms. The third-order valence-corrected chi connectivity index (χ3v) is 0.432. The molecule has 0 aliphatic rings. The Bertz CT molecular complexity index is 133. The molecule has 0 saturated carbocycles. The van der Waals surface area contributed by atoms with Crippen LogP contribution in [-0.4, -0.2) is 17.6 Å². The normalized spacial score (nSPS) is 10.2. The third kappa shape index (κ3) is 2.80. The lowest BCUT2D eigenvalue weighted by Crippen LogP contribution is -2.14. The summed E-state index contributed by atoms with van der Waals surface area (Å²) in [6.45, 7) is -0.0278. The summed E-state index contributed by atoms with van der Waals surface area (Å²) < 4.78 is 0. The zero-order valence-corrected chi connectivity index (χ0v) is 4.07. The zero-order chi connectivity index (χ0) is 6.41. The van der Waals surface area contributed by atoms with E-state index in [9.17, 15) is 0 Å². The Balaban J connectivity index is 3.55. The summed E-state index contributed by atoms with van der Waals surface area (Å²) >= 11 is 0. The zero-order valence-electron chi connectivity index (χ0n) is 4.07. The van der Waals surface area contributed by atoms with E-state index >= 15 is 0 Å². The van der Waals surface area contributed by atoms with Crippen molar-refractivity contribution < 1.29 is 5.21 Å². The molecule has 0 rings (SSSR count). The highest BCUT2D eigenvalue weighted by molar-refractivity contribution is 5.81. The summed E-state index contributed by atoms with van der Waals surface area (Å²) in [5.41, 5.74) is 11.1. The molecule has 0 heterocycles. The minimum atomic E-state index is -0.0546. The van der Waals surface area contributed by atoms with Crippen molar-refractivity contribution in [1.82, 2.24) is 4.91 Å². The number of nitrogens with zero attached hydrogens (tertiary/aromatic N) is 3. The molecule has 0 unspecified atom stereocenters. The average Bonchev–Trinajstić information content (AvgIpc) is 1.83. The van der Waals surface area contributed by atoms with Crippen LogP contribution in [0, 0.1) is 5.53 Å². The van der Waals surface area contributed by atoms with E-state index in [-0.39, 0.29) is 12.4 Å². The molecule has 0 spiro atoms. The van der Waals surface area contributed by atoms with Crippen molar-refractivity contribution >= 4 is 5.84 Å². The van der Waals surface area contributed by atoms with Crippen molar-refractivity contribution in [3.05, 3.63) is 0 Å². The molecule has 6 nitrogen and oxygen atoms in total. The second-order valence-corrected chi connectivity index (χ2v) is 0.991. The maximum Gasteiger partial charge on any atom is 0.214 e. The Kier molecular flexibility index (Phi) is 3.09. The first-order valence-electron chi connectivity index (χ1n) is 1.81. The van der Waals surface area contributed by atoms with Crippen LogP contribution in [0.5, 0.6) is 0 Å². The second-order valence-electron chi connectivity index (χ2n) is 0.991. The van der Waals surface area contributed by atoms with Crippen LogP contribution < -0.4 is 10.6 Å². The second kappa shape index (κ2) is 3.76. The Morgan fingerprint density at radius 2 is 2.50 bits per heavy atom. The SMILES string of the molecule is N=[N+]=NC/C(N)=N/O. The fraction of sp³-hybridized carbons (Fsp3) is 0.500. The summed E-state index contributed by atoms with van der Waals surface area (Å²) in [7, 11) is 0. The van der Waals surface area contributed by atoms with Crippen molar-refractivity contribution in [2.75, 3.05) is 6.54 Å². The highest BCUT2D eigenvalue weighted by Crippen LogP contribution is 1.64. The molecule has 0 aromatic carbocycles. The van der Waals surface area contributed by atoms with Gasteiger partial charge in [-0.3, -0.25) is 0 Å². The van der Waals surface area contributed by atoms with Crippen LogP contribution in [0.1, 0.15) is 0 Å². The van der Waals surface area contributed by atoms with E-state index in [0.717, 1.165) is 0 Å². The predicted octanol–water partition coefficient (Wildman–Crippen LogP) is -0.717. The Labute approximate surface area is 45.2 Å². The lowest BCUT2D eigenvalue weighted by molar-refractivity contribution is 0.317. The molecule has 0 aromatic rings. The molecule has 0 atom stereocenters. The molecule has 0 aliphatic heterocycles. The number of rotatable bonds is 2. The van der Waals surface area contributed by atoms with E-state index < -0.39 is 0 Å². The smallest absolute Gasteiger partial charge is 0.214 e. The van der Waals surface area contributed by atoms with Crippen LogP contribution in [0.15, 0.2) is 10.3 Å². The molecule has 0 radical (unpaired) electrons. The first kappa shape index (κ1) is 6.58. The fourth-order valence-corrected chi connectivity index (χ4v) is 0.139. The predicted molar refractivity (Wildman–Crippen MR) is 25.6 cm³/mol. The van der Waals surface area contributed by atoms with Gasteiger partial charge >= 0.3 is 0 Å². The summed E-state index contributed by atoms with van der Waals surface area (Å²) in [5, 5.41) is 13.6. The van der Waals surface area contributed by atoms with Gasteiger partial charge in [-0.25, -0.2) is 0 Å². The van der Waals surface area contributed by atoms with Gasteiger partial charge in [-0.05, 0) is 0 Å². The van der Waals surface area contributed by atoms with Gasteiger partial charge < -0.3 is 10.9 Å². The number of hydrogen-bond acceptors (Lipinski definition) is 4. The summed E-state index contributed by atoms with van der Waals surface area (Å²) in [6, 6.07) is 0. The van der Waals surface area contributed by atoms with E-state index in [0.29, 0.717) is 0 Å². The van der Waals surface area contributed by atoms with Gasteiger partial charge in [0.15, 0.2) is 12.4 Å². The van der Waals surface area contributed by atoms with Crippen molar-refractivity contribution in [3.8, 4) is 0 Å². The third-order valence-electron chi connectivity index (χ3n) is 0.432. The summed E-state index contributed by atoms with van der Waals surface area (Å²) in [6.07, 6.45) is 0. The number of oxime groups is 1. The standard InChI is InChI=1S/C2H5N5O/c3-2(6-8)1-5-7-4/h3H,1H2,(H2,4,5)/p+1. The number of nitrogens with two attached hydrogens (primary N) is 1. The van der Waals surface area contributed by atoms with Gasteiger partial charge in [0.2, 0.25) is 4.91 Å². The molecule has 0 aromatic heterocycles. The van der Waals surface area contributed by atoms with Crippen molar-refractivity contribution in [2.24, 2.45) is 16.0 Å². The molecule has 44 valence electrons. The van der Waals surface area contributed by atoms with Gasteiger partial charge in [0.1, 0.15) is 10.6 Å². The molecule has 4 N–H and O–H groups in total. The number of nitrogens with one attached hydrogen (secondary N) is 1. The van der Waals surface area contributed by atoms with Gasteiger partial charge in [0.05, 0.1) is 0 Å². The monoisotopic (exact) mass is 116 g/mol. The molecule has 0 amide bonds. The Hall–Kier alpha value is -1.42. The first-order chi connectivity index (χ1) is 3.81. The molecule has 0 aliphatic carbocycles. The topological polar surface area (TPSA) is 109 Å². The van der Waals surface area contributed by atoms with Crippen molar-refractivity contribution in [1.29, 1.82) is 5.53 Å². The van der Waals surface area contributed by atoms with Crippen LogP contribution in [0.3, 0.4) is 0 Å². The van der Waals surface area contributed by atoms with Crippen LogP contribution in [0.4, 0.5) is 0 Å². The lowest BCUT2D eigenvalue weighted by Gasteiger charge is -1.79. The number of hydrogen-bond donors (Lipinski definition) is 3. The molecule has 0 fully saturated rings. The van der Waals surface area contributed by atoms with Crippen molar-refractivity contribution in [3.63, 3.8) is 0 Å². The largest absolute Gasteiger partial charge is 0.409 e. The molecular formula is C2H6N5O+. The van der Waals surface area contributed by atoms with Crippen LogP contribution in [0.2, 0.25) is 0 Å². The Morgan fingerprint density at radius 1 is 1.88 bits per heavy atom. The molecular weight excluding hydrogens is 110 g/mol. The van der Waals surface area contributed by atoms with E-state index in [1.165, 1.54) is 0 Å². The summed E-state index contributed by atoms with van der Waals surface area (Å²) in [4.78, 5) is 2.63. The Morgan fingerprint density at radius 3 is 2.88 bits per heavy atom. The maximum absolute atomic E-state index is 7.86. The summed E-state index contributed by atoms with van der Waals surface area (Å²) in [5.74, 6) is -0.0546. The van der Waals surface area contributed by atoms with E-state index in [1.54, 1.807) is 0 Å². The highest BCUT2D eigenvalue weighted by atomic mass is 16.4. The van der Waals surface area contributed by atoms with E-state index in [1.807, 2.05) is 0 Å². The van der Waals surface area contributed by atoms with Gasteiger partial charge in [-0.15, -0.1) is 0 Å². The van der Waals surface area contributed by atoms with Crippen molar-refractivity contribution in [2.45, 2.75) is 0 Å². The lowest BCUT2D eigenvalue weighted by atomic mass is 10.6. The highest BCUT2D eigenvalue weighted by Gasteiger charge is 1.91. The van der Waals surface area contributed by atoms with Gasteiger partial charge in [-0.2, -0.15) is 0 Å². The minimum Gasteiger partial charge on any atom is -0.409 e. The molecule has 6 heteroatoms. The fourth-order valence-electron chi connectivity index (χ4n) is 0.139.